The second-order valence-corrected chi connectivity index (χ2v) is 6.85. The third kappa shape index (κ3) is 4.58. The Labute approximate surface area is 158 Å². The second-order valence-electron chi connectivity index (χ2n) is 6.85. The Balaban J connectivity index is 2.05. The Hall–Kier alpha value is -3.02. The molecule has 2 heterocycles. The van der Waals surface area contributed by atoms with E-state index >= 15 is 0 Å². The van der Waals surface area contributed by atoms with Gasteiger partial charge in [0.25, 0.3) is 0 Å². The molecule has 0 fully saturated rings. The van der Waals surface area contributed by atoms with Crippen LogP contribution in [-0.4, -0.2) is 20.7 Å². The first-order valence-electron chi connectivity index (χ1n) is 9.06. The van der Waals surface area contributed by atoms with Gasteiger partial charge in [0.15, 0.2) is 0 Å². The zero-order chi connectivity index (χ0) is 19.4. The number of rotatable bonds is 6. The predicted octanol–water partition coefficient (Wildman–Crippen LogP) is 4.76. The number of nitrogens with zero attached hydrogens (tertiary/aromatic N) is 3. The molecule has 3 aromatic rings. The number of benzene rings is 1. The molecule has 0 radical (unpaired) electrons. The number of aromatic nitrogens is 3. The second kappa shape index (κ2) is 8.12. The van der Waals surface area contributed by atoms with Gasteiger partial charge in [-0.25, -0.2) is 9.37 Å². The van der Waals surface area contributed by atoms with Crippen molar-refractivity contribution < 1.29 is 9.18 Å². The Morgan fingerprint density at radius 1 is 1.19 bits per heavy atom. The van der Waals surface area contributed by atoms with Gasteiger partial charge in [0.2, 0.25) is 5.91 Å². The van der Waals surface area contributed by atoms with Crippen LogP contribution in [-0.2, 0) is 11.3 Å². The lowest BCUT2D eigenvalue weighted by atomic mass is 10.0. The van der Waals surface area contributed by atoms with Crippen LogP contribution in [0.25, 0.3) is 22.4 Å². The number of pyridine rings is 1. The van der Waals surface area contributed by atoms with E-state index in [9.17, 15) is 9.18 Å². The summed E-state index contributed by atoms with van der Waals surface area (Å²) in [6.45, 7) is 6.83. The minimum absolute atomic E-state index is 0.0890. The average Bonchev–Trinajstić information content (AvgIpc) is 3.05. The number of anilines is 1. The summed E-state index contributed by atoms with van der Waals surface area (Å²) in [5.74, 6) is 0.570. The molecule has 2 aromatic heterocycles. The maximum atomic E-state index is 13.3. The van der Waals surface area contributed by atoms with Crippen LogP contribution >= 0.6 is 0 Å². The fourth-order valence-corrected chi connectivity index (χ4v) is 2.82. The van der Waals surface area contributed by atoms with Crippen LogP contribution in [0.3, 0.4) is 0 Å². The summed E-state index contributed by atoms with van der Waals surface area (Å²) in [4.78, 5) is 15.9. The molecule has 0 aliphatic carbocycles. The molecule has 1 amide bonds. The summed E-state index contributed by atoms with van der Waals surface area (Å²) in [6, 6.07) is 10.0. The van der Waals surface area contributed by atoms with Crippen molar-refractivity contribution in [2.24, 2.45) is 5.92 Å². The lowest BCUT2D eigenvalue weighted by molar-refractivity contribution is -0.115. The molecule has 6 heteroatoms. The fourth-order valence-electron chi connectivity index (χ4n) is 2.82. The molecular weight excluding hydrogens is 343 g/mol. The van der Waals surface area contributed by atoms with Crippen molar-refractivity contribution in [1.82, 2.24) is 14.8 Å². The molecule has 1 aromatic carbocycles. The third-order valence-corrected chi connectivity index (χ3v) is 4.09. The Kier molecular flexibility index (Phi) is 5.64. The van der Waals surface area contributed by atoms with Gasteiger partial charge < -0.3 is 5.32 Å². The molecule has 0 unspecified atom stereocenters. The van der Waals surface area contributed by atoms with Crippen molar-refractivity contribution in [3.05, 3.63) is 54.6 Å². The fraction of sp³-hybridized carbons (Fsp3) is 0.286. The van der Waals surface area contributed by atoms with Gasteiger partial charge in [-0.15, -0.1) is 0 Å². The van der Waals surface area contributed by atoms with Gasteiger partial charge in [-0.1, -0.05) is 20.8 Å². The highest BCUT2D eigenvalue weighted by atomic mass is 19.1. The lowest BCUT2D eigenvalue weighted by Gasteiger charge is -2.06. The number of hydrogen-bond acceptors (Lipinski definition) is 3. The van der Waals surface area contributed by atoms with Crippen LogP contribution in [0.15, 0.2) is 48.8 Å². The van der Waals surface area contributed by atoms with E-state index in [0.29, 0.717) is 18.2 Å². The molecule has 0 saturated heterocycles. The lowest BCUT2D eigenvalue weighted by Crippen LogP contribution is -2.10. The van der Waals surface area contributed by atoms with Gasteiger partial charge in [-0.3, -0.25) is 9.48 Å². The average molecular weight is 366 g/mol. The first-order valence-corrected chi connectivity index (χ1v) is 9.06. The van der Waals surface area contributed by atoms with E-state index in [1.165, 1.54) is 12.1 Å². The van der Waals surface area contributed by atoms with E-state index in [0.717, 1.165) is 28.9 Å². The molecule has 0 atom stereocenters. The van der Waals surface area contributed by atoms with Crippen LogP contribution in [0.5, 0.6) is 0 Å². The van der Waals surface area contributed by atoms with E-state index < -0.39 is 0 Å². The van der Waals surface area contributed by atoms with Gasteiger partial charge >= 0.3 is 0 Å². The smallest absolute Gasteiger partial charge is 0.225 e. The standard InChI is InChI=1S/C21H23FN4O/c1-4-20(27)24-19-11-16(9-10-23-19)18-13-26(12-14(2)3)25-21(18)15-5-7-17(22)8-6-15/h5-11,13-14H,4,12H2,1-3H3,(H,23,24,27). The maximum Gasteiger partial charge on any atom is 0.225 e. The van der Waals surface area contributed by atoms with Crippen LogP contribution in [0.4, 0.5) is 10.2 Å². The number of nitrogens with one attached hydrogen (secondary N) is 1. The topological polar surface area (TPSA) is 59.8 Å². The van der Waals surface area contributed by atoms with Gasteiger partial charge in [-0.2, -0.15) is 5.10 Å². The molecule has 0 saturated carbocycles. The molecule has 0 bridgehead atoms. The van der Waals surface area contributed by atoms with E-state index in [1.807, 2.05) is 23.0 Å². The minimum Gasteiger partial charge on any atom is -0.311 e. The zero-order valence-electron chi connectivity index (χ0n) is 15.7. The van der Waals surface area contributed by atoms with Crippen LogP contribution in [0, 0.1) is 11.7 Å². The molecule has 3 rings (SSSR count). The first kappa shape index (κ1) is 18.8. The highest BCUT2D eigenvalue weighted by Crippen LogP contribution is 2.32. The number of hydrogen-bond donors (Lipinski definition) is 1. The highest BCUT2D eigenvalue weighted by Gasteiger charge is 2.15. The van der Waals surface area contributed by atoms with E-state index in [1.54, 1.807) is 25.3 Å². The Morgan fingerprint density at radius 3 is 2.59 bits per heavy atom. The quantitative estimate of drug-likeness (QED) is 0.684. The zero-order valence-corrected chi connectivity index (χ0v) is 15.7. The van der Waals surface area contributed by atoms with Crippen LogP contribution in [0.1, 0.15) is 27.2 Å². The van der Waals surface area contributed by atoms with Crippen LogP contribution < -0.4 is 5.32 Å². The molecule has 5 nitrogen and oxygen atoms in total. The summed E-state index contributed by atoms with van der Waals surface area (Å²) >= 11 is 0. The number of halogens is 1. The summed E-state index contributed by atoms with van der Waals surface area (Å²) in [5.41, 5.74) is 3.42. The number of carbonyl (C=O) groups excluding carboxylic acids is 1. The van der Waals surface area contributed by atoms with Crippen molar-refractivity contribution in [2.45, 2.75) is 33.7 Å². The number of amides is 1. The summed E-state index contributed by atoms with van der Waals surface area (Å²) < 4.78 is 15.2. The highest BCUT2D eigenvalue weighted by molar-refractivity contribution is 5.90. The van der Waals surface area contributed by atoms with Crippen molar-refractivity contribution in [3.8, 4) is 22.4 Å². The van der Waals surface area contributed by atoms with Gasteiger partial charge in [0.05, 0.1) is 0 Å². The molecule has 1 N–H and O–H groups in total. The molecule has 140 valence electrons. The van der Waals surface area contributed by atoms with Crippen molar-refractivity contribution >= 4 is 11.7 Å². The minimum atomic E-state index is -0.282. The van der Waals surface area contributed by atoms with Crippen LogP contribution in [0.2, 0.25) is 0 Å². The van der Waals surface area contributed by atoms with E-state index in [2.05, 4.69) is 24.1 Å². The maximum absolute atomic E-state index is 13.3. The van der Waals surface area contributed by atoms with Gasteiger partial charge in [0.1, 0.15) is 17.3 Å². The van der Waals surface area contributed by atoms with Crippen molar-refractivity contribution in [1.29, 1.82) is 0 Å². The first-order chi connectivity index (χ1) is 13.0. The third-order valence-electron chi connectivity index (χ3n) is 4.09. The molecule has 27 heavy (non-hydrogen) atoms. The molecular formula is C21H23FN4O. The Morgan fingerprint density at radius 2 is 1.93 bits per heavy atom. The Bertz CT molecular complexity index is 932. The molecule has 0 aliphatic rings. The predicted molar refractivity (Wildman–Crippen MR) is 105 cm³/mol. The summed E-state index contributed by atoms with van der Waals surface area (Å²) in [7, 11) is 0. The largest absolute Gasteiger partial charge is 0.311 e. The van der Waals surface area contributed by atoms with E-state index in [4.69, 9.17) is 5.10 Å². The summed E-state index contributed by atoms with van der Waals surface area (Å²) in [6.07, 6.45) is 4.04. The van der Waals surface area contributed by atoms with E-state index in [-0.39, 0.29) is 11.7 Å². The van der Waals surface area contributed by atoms with Crippen molar-refractivity contribution in [3.63, 3.8) is 0 Å². The monoisotopic (exact) mass is 366 g/mol. The summed E-state index contributed by atoms with van der Waals surface area (Å²) in [5, 5.41) is 7.50. The van der Waals surface area contributed by atoms with Crippen molar-refractivity contribution in [2.75, 3.05) is 5.32 Å². The molecule has 0 aliphatic heterocycles. The SMILES string of the molecule is CCC(=O)Nc1cc(-c2cn(CC(C)C)nc2-c2ccc(F)cc2)ccn1. The van der Waals surface area contributed by atoms with Gasteiger partial charge in [0, 0.05) is 36.5 Å². The molecule has 0 spiro atoms. The normalized spacial score (nSPS) is 11.0. The number of carbonyl (C=O) groups is 1. The van der Waals surface area contributed by atoms with Gasteiger partial charge in [-0.05, 0) is 47.9 Å².